The molecule has 0 atom stereocenters. The van der Waals surface area contributed by atoms with Crippen LogP contribution in [0.2, 0.25) is 0 Å². The van der Waals surface area contributed by atoms with Gasteiger partial charge in [-0.3, -0.25) is 4.79 Å². The number of anilines is 1. The quantitative estimate of drug-likeness (QED) is 0.805. The lowest BCUT2D eigenvalue weighted by Crippen LogP contribution is -2.35. The number of ether oxygens (including phenoxy) is 1. The van der Waals surface area contributed by atoms with E-state index in [4.69, 9.17) is 9.84 Å². The van der Waals surface area contributed by atoms with Crippen LogP contribution in [-0.4, -0.2) is 30.6 Å². The van der Waals surface area contributed by atoms with Crippen molar-refractivity contribution in [3.8, 4) is 5.75 Å². The largest absolute Gasteiger partial charge is 0.482 e. The maximum atomic E-state index is 11.5. The van der Waals surface area contributed by atoms with Crippen LogP contribution in [0.1, 0.15) is 12.5 Å². The normalized spacial score (nSPS) is 15.1. The van der Waals surface area contributed by atoms with Gasteiger partial charge in [-0.2, -0.15) is 0 Å². The van der Waals surface area contributed by atoms with Gasteiger partial charge in [-0.25, -0.2) is 4.79 Å². The van der Waals surface area contributed by atoms with Crippen LogP contribution in [0.15, 0.2) is 24.3 Å². The molecule has 0 saturated heterocycles. The van der Waals surface area contributed by atoms with Crippen LogP contribution >= 0.6 is 0 Å². The number of nitrogens with zero attached hydrogens (tertiary/aromatic N) is 1. The fourth-order valence-corrected chi connectivity index (χ4v) is 1.79. The van der Waals surface area contributed by atoms with Gasteiger partial charge >= 0.3 is 5.97 Å². The Morgan fingerprint density at radius 2 is 2.22 bits per heavy atom. The van der Waals surface area contributed by atoms with E-state index in [1.807, 2.05) is 0 Å². The van der Waals surface area contributed by atoms with E-state index in [0.717, 1.165) is 11.6 Å². The first kappa shape index (κ1) is 12.2. The lowest BCUT2D eigenvalue weighted by Gasteiger charge is -2.26. The maximum Gasteiger partial charge on any atom is 0.328 e. The van der Waals surface area contributed by atoms with Crippen molar-refractivity contribution in [2.75, 3.05) is 18.6 Å². The summed E-state index contributed by atoms with van der Waals surface area (Å²) in [6.07, 6.45) is 1.13. The first-order valence-electron chi connectivity index (χ1n) is 5.44. The van der Waals surface area contributed by atoms with Crippen LogP contribution in [0.4, 0.5) is 5.69 Å². The highest BCUT2D eigenvalue weighted by atomic mass is 16.5. The first-order chi connectivity index (χ1) is 8.49. The average Bonchev–Trinajstić information content (AvgIpc) is 2.33. The number of amides is 1. The summed E-state index contributed by atoms with van der Waals surface area (Å²) in [7, 11) is 1.67. The number of hydrogen-bond donors (Lipinski definition) is 1. The second kappa shape index (κ2) is 4.52. The van der Waals surface area contributed by atoms with E-state index in [-0.39, 0.29) is 12.5 Å². The highest BCUT2D eigenvalue weighted by molar-refractivity contribution is 5.98. The summed E-state index contributed by atoms with van der Waals surface area (Å²) in [6.45, 7) is 1.74. The Morgan fingerprint density at radius 3 is 2.89 bits per heavy atom. The third-order valence-corrected chi connectivity index (χ3v) is 2.84. The molecule has 1 aliphatic heterocycles. The van der Waals surface area contributed by atoms with Crippen LogP contribution in [0, 0.1) is 0 Å². The Balaban J connectivity index is 2.43. The van der Waals surface area contributed by atoms with Gasteiger partial charge in [0.15, 0.2) is 6.61 Å². The maximum absolute atomic E-state index is 11.5. The summed E-state index contributed by atoms with van der Waals surface area (Å²) < 4.78 is 5.29. The molecule has 1 amide bonds. The molecule has 0 spiro atoms. The van der Waals surface area contributed by atoms with E-state index < -0.39 is 5.97 Å². The third kappa shape index (κ3) is 2.20. The van der Waals surface area contributed by atoms with E-state index in [1.54, 1.807) is 32.2 Å². The molecule has 94 valence electrons. The molecule has 5 heteroatoms. The van der Waals surface area contributed by atoms with Gasteiger partial charge in [-0.1, -0.05) is 6.07 Å². The smallest absolute Gasteiger partial charge is 0.328 e. The van der Waals surface area contributed by atoms with Gasteiger partial charge in [-0.15, -0.1) is 0 Å². The first-order valence-corrected chi connectivity index (χ1v) is 5.44. The Morgan fingerprint density at radius 1 is 1.50 bits per heavy atom. The SMILES string of the molecule is C/C(=C\C(=O)O)c1ccc2c(c1)N(C)C(=O)CO2. The zero-order valence-electron chi connectivity index (χ0n) is 10.1. The predicted molar refractivity (Wildman–Crippen MR) is 66.6 cm³/mol. The monoisotopic (exact) mass is 247 g/mol. The molecule has 1 aliphatic rings. The Labute approximate surface area is 104 Å². The van der Waals surface area contributed by atoms with Gasteiger partial charge in [0.2, 0.25) is 0 Å². The molecule has 0 saturated carbocycles. The standard InChI is InChI=1S/C13H13NO4/c1-8(5-13(16)17)9-3-4-11-10(6-9)14(2)12(15)7-18-11/h3-6H,7H2,1-2H3,(H,16,17)/b8-5+. The number of likely N-dealkylation sites (N-methyl/N-ethyl adjacent to an activating group) is 1. The van der Waals surface area contributed by atoms with E-state index in [0.29, 0.717) is 17.0 Å². The van der Waals surface area contributed by atoms with Crippen molar-refractivity contribution in [3.63, 3.8) is 0 Å². The number of carbonyl (C=O) groups is 2. The van der Waals surface area contributed by atoms with Crippen LogP contribution in [0.5, 0.6) is 5.75 Å². The van der Waals surface area contributed by atoms with Crippen LogP contribution in [-0.2, 0) is 9.59 Å². The predicted octanol–water partition coefficient (Wildman–Crippen LogP) is 1.53. The second-order valence-electron chi connectivity index (χ2n) is 4.09. The number of fused-ring (bicyclic) bond motifs is 1. The van der Waals surface area contributed by atoms with E-state index in [9.17, 15) is 9.59 Å². The molecule has 0 radical (unpaired) electrons. The molecule has 0 fully saturated rings. The number of benzene rings is 1. The van der Waals surface area contributed by atoms with Gasteiger partial charge in [0, 0.05) is 13.1 Å². The van der Waals surface area contributed by atoms with Crippen molar-refractivity contribution in [3.05, 3.63) is 29.8 Å². The van der Waals surface area contributed by atoms with E-state index in [1.165, 1.54) is 4.90 Å². The van der Waals surface area contributed by atoms with Crippen molar-refractivity contribution in [2.45, 2.75) is 6.92 Å². The highest BCUT2D eigenvalue weighted by Gasteiger charge is 2.22. The summed E-state index contributed by atoms with van der Waals surface area (Å²) in [5, 5.41) is 8.71. The number of carboxylic acids is 1. The van der Waals surface area contributed by atoms with Gasteiger partial charge in [0.25, 0.3) is 5.91 Å². The number of carbonyl (C=O) groups excluding carboxylic acids is 1. The lowest BCUT2D eigenvalue weighted by molar-refractivity contribution is -0.131. The van der Waals surface area contributed by atoms with Gasteiger partial charge in [0.1, 0.15) is 5.75 Å². The molecule has 1 aromatic carbocycles. The molecule has 1 N–H and O–H groups in total. The number of hydrogen-bond acceptors (Lipinski definition) is 3. The minimum atomic E-state index is -0.995. The van der Waals surface area contributed by atoms with Crippen LogP contribution < -0.4 is 9.64 Å². The van der Waals surface area contributed by atoms with Crippen LogP contribution in [0.25, 0.3) is 5.57 Å². The van der Waals surface area contributed by atoms with Gasteiger partial charge in [0.05, 0.1) is 5.69 Å². The zero-order valence-corrected chi connectivity index (χ0v) is 10.1. The molecular weight excluding hydrogens is 234 g/mol. The van der Waals surface area contributed by atoms with E-state index in [2.05, 4.69) is 0 Å². The van der Waals surface area contributed by atoms with Crippen molar-refractivity contribution >= 4 is 23.1 Å². The number of carboxylic acid groups (broad SMARTS) is 1. The Kier molecular flexibility index (Phi) is 3.06. The summed E-state index contributed by atoms with van der Waals surface area (Å²) in [5.41, 5.74) is 2.03. The molecule has 5 nitrogen and oxygen atoms in total. The molecule has 2 rings (SSSR count). The number of allylic oxidation sites excluding steroid dienone is 1. The summed E-state index contributed by atoms with van der Waals surface area (Å²) in [4.78, 5) is 23.6. The van der Waals surface area contributed by atoms with Crippen molar-refractivity contribution < 1.29 is 19.4 Å². The summed E-state index contributed by atoms with van der Waals surface area (Å²) >= 11 is 0. The van der Waals surface area contributed by atoms with Gasteiger partial charge in [-0.05, 0) is 30.2 Å². The number of rotatable bonds is 2. The van der Waals surface area contributed by atoms with Crippen molar-refractivity contribution in [1.82, 2.24) is 0 Å². The highest BCUT2D eigenvalue weighted by Crippen LogP contribution is 2.33. The fourth-order valence-electron chi connectivity index (χ4n) is 1.79. The molecule has 0 aromatic heterocycles. The summed E-state index contributed by atoms with van der Waals surface area (Å²) in [5.74, 6) is -0.491. The molecule has 1 aromatic rings. The Hall–Kier alpha value is -2.30. The minimum absolute atomic E-state index is 0.0345. The third-order valence-electron chi connectivity index (χ3n) is 2.84. The average molecular weight is 247 g/mol. The molecule has 0 unspecified atom stereocenters. The van der Waals surface area contributed by atoms with Crippen LogP contribution in [0.3, 0.4) is 0 Å². The zero-order chi connectivity index (χ0) is 13.3. The topological polar surface area (TPSA) is 66.8 Å². The van der Waals surface area contributed by atoms with Crippen molar-refractivity contribution in [2.24, 2.45) is 0 Å². The second-order valence-corrected chi connectivity index (χ2v) is 4.09. The molecular formula is C13H13NO4. The molecule has 18 heavy (non-hydrogen) atoms. The summed E-state index contributed by atoms with van der Waals surface area (Å²) in [6, 6.07) is 5.27. The Bertz CT molecular complexity index is 548. The number of aliphatic carboxylic acids is 1. The van der Waals surface area contributed by atoms with Gasteiger partial charge < -0.3 is 14.7 Å². The molecule has 0 bridgehead atoms. The molecule has 0 aliphatic carbocycles. The van der Waals surface area contributed by atoms with E-state index >= 15 is 0 Å². The minimum Gasteiger partial charge on any atom is -0.482 e. The van der Waals surface area contributed by atoms with Crippen molar-refractivity contribution in [1.29, 1.82) is 0 Å². The molecule has 1 heterocycles. The lowest BCUT2D eigenvalue weighted by atomic mass is 10.0. The fraction of sp³-hybridized carbons (Fsp3) is 0.231.